The molecule has 0 saturated heterocycles. The largest absolute Gasteiger partial charge is 0.492 e. The Morgan fingerprint density at radius 2 is 1.59 bits per heavy atom. The van der Waals surface area contributed by atoms with Crippen LogP contribution in [0, 0.1) is 5.92 Å². The van der Waals surface area contributed by atoms with E-state index in [1.165, 1.54) is 0 Å². The minimum Gasteiger partial charge on any atom is -0.492 e. The molecule has 2 amide bonds. The van der Waals surface area contributed by atoms with Gasteiger partial charge in [0.1, 0.15) is 5.75 Å². The standard InChI is InChI=1S/C22H28N2O3/c1-15(2)14-27-19-9-7-6-8-18(19)21(26)23-17-12-10-16(11-13-17)20(25)24-22(3,4)5/h6-13,15H,14H2,1-5H3,(H,23,26)(H,24,25). The van der Waals surface area contributed by atoms with Gasteiger partial charge in [0.25, 0.3) is 11.8 Å². The lowest BCUT2D eigenvalue weighted by Crippen LogP contribution is -2.40. The number of hydrogen-bond acceptors (Lipinski definition) is 3. The fourth-order valence-corrected chi connectivity index (χ4v) is 2.35. The van der Waals surface area contributed by atoms with E-state index < -0.39 is 0 Å². The quantitative estimate of drug-likeness (QED) is 0.789. The van der Waals surface area contributed by atoms with E-state index in [0.717, 1.165) is 0 Å². The topological polar surface area (TPSA) is 67.4 Å². The molecule has 0 heterocycles. The monoisotopic (exact) mass is 368 g/mol. The van der Waals surface area contributed by atoms with Crippen LogP contribution in [-0.4, -0.2) is 24.0 Å². The van der Waals surface area contributed by atoms with Crippen molar-refractivity contribution in [3.05, 3.63) is 59.7 Å². The first kappa shape index (κ1) is 20.5. The lowest BCUT2D eigenvalue weighted by atomic mass is 10.1. The van der Waals surface area contributed by atoms with Crippen LogP contribution < -0.4 is 15.4 Å². The zero-order chi connectivity index (χ0) is 20.0. The number of carbonyl (C=O) groups excluding carboxylic acids is 2. The van der Waals surface area contributed by atoms with Crippen molar-refractivity contribution in [1.29, 1.82) is 0 Å². The van der Waals surface area contributed by atoms with Crippen LogP contribution in [0.25, 0.3) is 0 Å². The van der Waals surface area contributed by atoms with E-state index >= 15 is 0 Å². The van der Waals surface area contributed by atoms with Crippen molar-refractivity contribution < 1.29 is 14.3 Å². The molecule has 0 aliphatic rings. The Morgan fingerprint density at radius 1 is 0.963 bits per heavy atom. The SMILES string of the molecule is CC(C)COc1ccccc1C(=O)Nc1ccc(C(=O)NC(C)(C)C)cc1. The molecule has 0 aliphatic carbocycles. The summed E-state index contributed by atoms with van der Waals surface area (Å²) >= 11 is 0. The van der Waals surface area contributed by atoms with Gasteiger partial charge in [0.05, 0.1) is 12.2 Å². The smallest absolute Gasteiger partial charge is 0.259 e. The third-order valence-electron chi connectivity index (χ3n) is 3.60. The highest BCUT2D eigenvalue weighted by Crippen LogP contribution is 2.21. The van der Waals surface area contributed by atoms with Crippen molar-refractivity contribution in [2.75, 3.05) is 11.9 Å². The predicted octanol–water partition coefficient (Wildman–Crippen LogP) is 4.50. The Balaban J connectivity index is 2.07. The van der Waals surface area contributed by atoms with Gasteiger partial charge in [-0.25, -0.2) is 0 Å². The fourth-order valence-electron chi connectivity index (χ4n) is 2.35. The summed E-state index contributed by atoms with van der Waals surface area (Å²) < 4.78 is 5.74. The molecule has 0 bridgehead atoms. The van der Waals surface area contributed by atoms with Gasteiger partial charge in [0, 0.05) is 16.8 Å². The molecule has 27 heavy (non-hydrogen) atoms. The van der Waals surface area contributed by atoms with Gasteiger partial charge >= 0.3 is 0 Å². The number of benzene rings is 2. The highest BCUT2D eigenvalue weighted by Gasteiger charge is 2.16. The molecule has 0 aliphatic heterocycles. The highest BCUT2D eigenvalue weighted by atomic mass is 16.5. The minimum atomic E-state index is -0.302. The zero-order valence-electron chi connectivity index (χ0n) is 16.6. The van der Waals surface area contributed by atoms with Gasteiger partial charge in [-0.2, -0.15) is 0 Å². The molecule has 2 N–H and O–H groups in total. The van der Waals surface area contributed by atoms with Crippen LogP contribution in [0.5, 0.6) is 5.75 Å². The summed E-state index contributed by atoms with van der Waals surface area (Å²) in [5.74, 6) is 0.534. The van der Waals surface area contributed by atoms with Crippen molar-refractivity contribution in [3.8, 4) is 5.75 Å². The molecule has 2 rings (SSSR count). The number of carbonyl (C=O) groups is 2. The number of anilines is 1. The molecule has 2 aromatic rings. The second-order valence-corrected chi connectivity index (χ2v) is 7.94. The van der Waals surface area contributed by atoms with Crippen LogP contribution >= 0.6 is 0 Å². The van der Waals surface area contributed by atoms with Crippen molar-refractivity contribution in [3.63, 3.8) is 0 Å². The Morgan fingerprint density at radius 3 is 2.19 bits per heavy atom. The number of ether oxygens (including phenoxy) is 1. The molecule has 0 unspecified atom stereocenters. The first-order valence-electron chi connectivity index (χ1n) is 9.11. The third-order valence-corrected chi connectivity index (χ3v) is 3.60. The van der Waals surface area contributed by atoms with Gasteiger partial charge < -0.3 is 15.4 Å². The number of nitrogens with one attached hydrogen (secondary N) is 2. The summed E-state index contributed by atoms with van der Waals surface area (Å²) in [7, 11) is 0. The molecule has 2 aromatic carbocycles. The van der Waals surface area contributed by atoms with Gasteiger partial charge in [0.2, 0.25) is 0 Å². The molecule has 5 heteroatoms. The summed E-state index contributed by atoms with van der Waals surface area (Å²) in [6, 6.07) is 14.0. The zero-order valence-corrected chi connectivity index (χ0v) is 16.6. The average molecular weight is 368 g/mol. The maximum Gasteiger partial charge on any atom is 0.259 e. The van der Waals surface area contributed by atoms with Gasteiger partial charge in [-0.05, 0) is 63.1 Å². The molecule has 0 atom stereocenters. The summed E-state index contributed by atoms with van der Waals surface area (Å²) in [5, 5.41) is 5.76. The summed E-state index contributed by atoms with van der Waals surface area (Å²) in [6.45, 7) is 10.4. The van der Waals surface area contributed by atoms with E-state index in [0.29, 0.717) is 35.1 Å². The molecule has 0 fully saturated rings. The van der Waals surface area contributed by atoms with Crippen LogP contribution in [0.1, 0.15) is 55.3 Å². The molecular weight excluding hydrogens is 340 g/mol. The van der Waals surface area contributed by atoms with E-state index in [9.17, 15) is 9.59 Å². The van der Waals surface area contributed by atoms with E-state index in [1.807, 2.05) is 26.8 Å². The molecule has 5 nitrogen and oxygen atoms in total. The Labute approximate surface area is 161 Å². The Bertz CT molecular complexity index is 790. The van der Waals surface area contributed by atoms with E-state index in [1.54, 1.807) is 42.5 Å². The van der Waals surface area contributed by atoms with Gasteiger partial charge in [0.15, 0.2) is 0 Å². The summed E-state index contributed by atoms with van der Waals surface area (Å²) in [4.78, 5) is 24.8. The van der Waals surface area contributed by atoms with Crippen LogP contribution in [0.4, 0.5) is 5.69 Å². The van der Waals surface area contributed by atoms with Gasteiger partial charge in [-0.1, -0.05) is 26.0 Å². The second-order valence-electron chi connectivity index (χ2n) is 7.94. The van der Waals surface area contributed by atoms with Crippen LogP contribution in [0.3, 0.4) is 0 Å². The highest BCUT2D eigenvalue weighted by molar-refractivity contribution is 6.06. The number of para-hydroxylation sites is 1. The summed E-state index contributed by atoms with van der Waals surface area (Å²) in [6.07, 6.45) is 0. The van der Waals surface area contributed by atoms with Gasteiger partial charge in [-0.3, -0.25) is 9.59 Å². The molecule has 0 saturated carbocycles. The third kappa shape index (κ3) is 6.44. The predicted molar refractivity (Wildman–Crippen MR) is 108 cm³/mol. The molecular formula is C22H28N2O3. The van der Waals surface area contributed by atoms with E-state index in [4.69, 9.17) is 4.74 Å². The van der Waals surface area contributed by atoms with Crippen molar-refractivity contribution >= 4 is 17.5 Å². The van der Waals surface area contributed by atoms with Gasteiger partial charge in [-0.15, -0.1) is 0 Å². The molecule has 0 aromatic heterocycles. The Kier molecular flexibility index (Phi) is 6.61. The average Bonchev–Trinajstić information content (AvgIpc) is 2.59. The first-order valence-corrected chi connectivity index (χ1v) is 9.11. The normalized spacial score (nSPS) is 11.2. The lowest BCUT2D eigenvalue weighted by molar-refractivity contribution is 0.0919. The van der Waals surface area contributed by atoms with Crippen molar-refractivity contribution in [2.45, 2.75) is 40.2 Å². The molecule has 0 radical (unpaired) electrons. The van der Waals surface area contributed by atoms with E-state index in [2.05, 4.69) is 24.5 Å². The Hall–Kier alpha value is -2.82. The number of rotatable bonds is 6. The lowest BCUT2D eigenvalue weighted by Gasteiger charge is -2.20. The van der Waals surface area contributed by atoms with Crippen molar-refractivity contribution in [1.82, 2.24) is 5.32 Å². The summed E-state index contributed by atoms with van der Waals surface area (Å²) in [5.41, 5.74) is 1.34. The number of hydrogen-bond donors (Lipinski definition) is 2. The van der Waals surface area contributed by atoms with Crippen LogP contribution in [-0.2, 0) is 0 Å². The van der Waals surface area contributed by atoms with Crippen molar-refractivity contribution in [2.24, 2.45) is 5.92 Å². The maximum absolute atomic E-state index is 12.6. The van der Waals surface area contributed by atoms with Crippen LogP contribution in [0.2, 0.25) is 0 Å². The first-order chi connectivity index (χ1) is 12.7. The second kappa shape index (κ2) is 8.71. The molecule has 0 spiro atoms. The maximum atomic E-state index is 12.6. The molecule has 144 valence electrons. The fraction of sp³-hybridized carbons (Fsp3) is 0.364. The van der Waals surface area contributed by atoms with Crippen LogP contribution in [0.15, 0.2) is 48.5 Å². The van der Waals surface area contributed by atoms with E-state index in [-0.39, 0.29) is 17.4 Å². The number of amides is 2. The minimum absolute atomic E-state index is 0.146.